The first-order chi connectivity index (χ1) is 9.54. The molecule has 0 unspecified atom stereocenters. The Morgan fingerprint density at radius 2 is 2.20 bits per heavy atom. The van der Waals surface area contributed by atoms with Gasteiger partial charge in [-0.25, -0.2) is 8.42 Å². The van der Waals surface area contributed by atoms with E-state index < -0.39 is 10.0 Å². The van der Waals surface area contributed by atoms with E-state index in [4.69, 9.17) is 0 Å². The molecule has 0 aliphatic rings. The Kier molecular flexibility index (Phi) is 4.87. The van der Waals surface area contributed by atoms with Crippen molar-refractivity contribution >= 4 is 21.4 Å². The molecule has 108 valence electrons. The molecule has 0 atom stereocenters. The van der Waals surface area contributed by atoms with Crippen LogP contribution in [-0.2, 0) is 23.1 Å². The van der Waals surface area contributed by atoms with E-state index in [0.717, 1.165) is 11.1 Å². The van der Waals surface area contributed by atoms with Gasteiger partial charge in [0.05, 0.1) is 0 Å². The van der Waals surface area contributed by atoms with E-state index in [1.54, 1.807) is 31.6 Å². The molecule has 2 aromatic rings. The van der Waals surface area contributed by atoms with E-state index in [0.29, 0.717) is 17.3 Å². The number of nitrogens with one attached hydrogen (secondary N) is 1. The van der Waals surface area contributed by atoms with Gasteiger partial charge in [0.2, 0.25) is 0 Å². The van der Waals surface area contributed by atoms with Gasteiger partial charge in [0.1, 0.15) is 4.21 Å². The number of aromatic nitrogens is 1. The standard InChI is InChI=1S/C13H17N3O2S2/c1-14-7-12-6-13(19-10-12)20(17,18)16(2)9-11-4-3-5-15-8-11/h3-6,8,10,14H,7,9H2,1-2H3. The normalized spacial score (nSPS) is 11.9. The number of pyridine rings is 1. The molecule has 2 aromatic heterocycles. The Morgan fingerprint density at radius 1 is 1.40 bits per heavy atom. The molecule has 7 heteroatoms. The smallest absolute Gasteiger partial charge is 0.252 e. The molecule has 0 radical (unpaired) electrons. The first kappa shape index (κ1) is 15.1. The minimum Gasteiger partial charge on any atom is -0.316 e. The van der Waals surface area contributed by atoms with Crippen LogP contribution in [0.1, 0.15) is 11.1 Å². The minimum absolute atomic E-state index is 0.315. The average molecular weight is 311 g/mol. The Labute approximate surface area is 123 Å². The van der Waals surface area contributed by atoms with Crippen LogP contribution in [0.2, 0.25) is 0 Å². The molecule has 2 heterocycles. The molecule has 0 aliphatic carbocycles. The zero-order valence-electron chi connectivity index (χ0n) is 11.4. The molecule has 2 rings (SSSR count). The highest BCUT2D eigenvalue weighted by molar-refractivity contribution is 7.91. The lowest BCUT2D eigenvalue weighted by molar-refractivity contribution is 0.468. The van der Waals surface area contributed by atoms with Gasteiger partial charge in [0.15, 0.2) is 0 Å². The molecule has 5 nitrogen and oxygen atoms in total. The summed E-state index contributed by atoms with van der Waals surface area (Å²) in [6, 6.07) is 5.38. The van der Waals surface area contributed by atoms with Crippen molar-refractivity contribution in [1.29, 1.82) is 0 Å². The Balaban J connectivity index is 2.16. The van der Waals surface area contributed by atoms with Crippen molar-refractivity contribution in [2.24, 2.45) is 0 Å². The van der Waals surface area contributed by atoms with Crippen LogP contribution < -0.4 is 5.32 Å². The summed E-state index contributed by atoms with van der Waals surface area (Å²) >= 11 is 1.25. The predicted molar refractivity (Wildman–Crippen MR) is 80.0 cm³/mol. The van der Waals surface area contributed by atoms with E-state index in [1.807, 2.05) is 18.5 Å². The van der Waals surface area contributed by atoms with Crippen molar-refractivity contribution in [3.05, 3.63) is 47.1 Å². The van der Waals surface area contributed by atoms with Gasteiger partial charge >= 0.3 is 0 Å². The van der Waals surface area contributed by atoms with Gasteiger partial charge in [-0.3, -0.25) is 4.98 Å². The van der Waals surface area contributed by atoms with Crippen molar-refractivity contribution < 1.29 is 8.42 Å². The minimum atomic E-state index is -3.44. The SMILES string of the molecule is CNCc1csc(S(=O)(=O)N(C)Cc2cccnc2)c1. The van der Waals surface area contributed by atoms with Crippen LogP contribution in [0.5, 0.6) is 0 Å². The largest absolute Gasteiger partial charge is 0.316 e. The first-order valence-corrected chi connectivity index (χ1v) is 8.43. The van der Waals surface area contributed by atoms with Gasteiger partial charge < -0.3 is 5.32 Å². The lowest BCUT2D eigenvalue weighted by atomic mass is 10.3. The van der Waals surface area contributed by atoms with Crippen molar-refractivity contribution in [3.8, 4) is 0 Å². The molecule has 0 amide bonds. The highest BCUT2D eigenvalue weighted by Gasteiger charge is 2.22. The molecule has 20 heavy (non-hydrogen) atoms. The highest BCUT2D eigenvalue weighted by atomic mass is 32.2. The van der Waals surface area contributed by atoms with Gasteiger partial charge in [-0.1, -0.05) is 6.07 Å². The fourth-order valence-corrected chi connectivity index (χ4v) is 4.35. The summed E-state index contributed by atoms with van der Waals surface area (Å²) in [5, 5.41) is 4.87. The highest BCUT2D eigenvalue weighted by Crippen LogP contribution is 2.24. The molecule has 0 bridgehead atoms. The number of hydrogen-bond donors (Lipinski definition) is 1. The maximum atomic E-state index is 12.4. The molecular formula is C13H17N3O2S2. The summed E-state index contributed by atoms with van der Waals surface area (Å²) in [6.45, 7) is 0.980. The Hall–Kier alpha value is -1.28. The number of thiophene rings is 1. The van der Waals surface area contributed by atoms with Crippen LogP contribution in [0.3, 0.4) is 0 Å². The van der Waals surface area contributed by atoms with Crippen LogP contribution >= 0.6 is 11.3 Å². The predicted octanol–water partition coefficient (Wildman–Crippen LogP) is 1.68. The van der Waals surface area contributed by atoms with Crippen LogP contribution in [0.4, 0.5) is 0 Å². The molecule has 0 saturated carbocycles. The topological polar surface area (TPSA) is 62.3 Å². The quantitative estimate of drug-likeness (QED) is 0.882. The Bertz CT molecular complexity index is 653. The van der Waals surface area contributed by atoms with Crippen LogP contribution in [0.25, 0.3) is 0 Å². The van der Waals surface area contributed by atoms with Crippen molar-refractivity contribution in [2.45, 2.75) is 17.3 Å². The number of sulfonamides is 1. The van der Waals surface area contributed by atoms with Gasteiger partial charge in [-0.15, -0.1) is 11.3 Å². The van der Waals surface area contributed by atoms with Gasteiger partial charge in [0.25, 0.3) is 10.0 Å². The third-order valence-electron chi connectivity index (χ3n) is 2.80. The number of rotatable bonds is 6. The summed E-state index contributed by atoms with van der Waals surface area (Å²) in [5.41, 5.74) is 1.84. The van der Waals surface area contributed by atoms with Gasteiger partial charge in [-0.05, 0) is 35.7 Å². The zero-order chi connectivity index (χ0) is 14.6. The second-order valence-corrected chi connectivity index (χ2v) is 7.61. The number of nitrogens with zero attached hydrogens (tertiary/aromatic N) is 2. The first-order valence-electron chi connectivity index (χ1n) is 6.11. The molecule has 1 N–H and O–H groups in total. The second-order valence-electron chi connectivity index (χ2n) is 4.43. The van der Waals surface area contributed by atoms with Crippen LogP contribution in [-0.4, -0.2) is 31.8 Å². The summed E-state index contributed by atoms with van der Waals surface area (Å²) in [5.74, 6) is 0. The van der Waals surface area contributed by atoms with Crippen molar-refractivity contribution in [2.75, 3.05) is 14.1 Å². The van der Waals surface area contributed by atoms with Gasteiger partial charge in [0, 0.05) is 32.5 Å². The third kappa shape index (κ3) is 3.43. The summed E-state index contributed by atoms with van der Waals surface area (Å²) in [7, 11) is -0.0215. The maximum absolute atomic E-state index is 12.4. The molecule has 0 aromatic carbocycles. The monoisotopic (exact) mass is 311 g/mol. The molecule has 0 aliphatic heterocycles. The summed E-state index contributed by atoms with van der Waals surface area (Å²) < 4.78 is 26.6. The lowest BCUT2D eigenvalue weighted by Gasteiger charge is -2.15. The van der Waals surface area contributed by atoms with E-state index in [2.05, 4.69) is 10.3 Å². The average Bonchev–Trinajstić information content (AvgIpc) is 2.89. The molecular weight excluding hydrogens is 294 g/mol. The summed E-state index contributed by atoms with van der Waals surface area (Å²) in [4.78, 5) is 3.99. The van der Waals surface area contributed by atoms with E-state index in [-0.39, 0.29) is 0 Å². The van der Waals surface area contributed by atoms with E-state index in [1.165, 1.54) is 15.6 Å². The molecule has 0 spiro atoms. The Morgan fingerprint density at radius 3 is 2.85 bits per heavy atom. The third-order valence-corrected chi connectivity index (χ3v) is 6.07. The fourth-order valence-electron chi connectivity index (χ4n) is 1.77. The van der Waals surface area contributed by atoms with Crippen molar-refractivity contribution in [1.82, 2.24) is 14.6 Å². The second kappa shape index (κ2) is 6.45. The zero-order valence-corrected chi connectivity index (χ0v) is 13.0. The molecule has 0 fully saturated rings. The molecule has 0 saturated heterocycles. The van der Waals surface area contributed by atoms with Crippen LogP contribution in [0.15, 0.2) is 40.2 Å². The van der Waals surface area contributed by atoms with Crippen molar-refractivity contribution in [3.63, 3.8) is 0 Å². The van der Waals surface area contributed by atoms with E-state index in [9.17, 15) is 8.42 Å². The summed E-state index contributed by atoms with van der Waals surface area (Å²) in [6.07, 6.45) is 3.34. The lowest BCUT2D eigenvalue weighted by Crippen LogP contribution is -2.25. The fraction of sp³-hybridized carbons (Fsp3) is 0.308. The maximum Gasteiger partial charge on any atom is 0.252 e. The van der Waals surface area contributed by atoms with Crippen LogP contribution in [0, 0.1) is 0 Å². The van der Waals surface area contributed by atoms with Gasteiger partial charge in [-0.2, -0.15) is 4.31 Å². The van der Waals surface area contributed by atoms with E-state index >= 15 is 0 Å². The number of hydrogen-bond acceptors (Lipinski definition) is 5.